The number of hydrogen-bond acceptors (Lipinski definition) is 8. The van der Waals surface area contributed by atoms with Gasteiger partial charge in [-0.15, -0.1) is 0 Å². The third-order valence-electron chi connectivity index (χ3n) is 4.64. The van der Waals surface area contributed by atoms with Gasteiger partial charge in [0.15, 0.2) is 0 Å². The van der Waals surface area contributed by atoms with Crippen molar-refractivity contribution in [3.63, 3.8) is 0 Å². The van der Waals surface area contributed by atoms with Gasteiger partial charge >= 0.3 is 0 Å². The summed E-state index contributed by atoms with van der Waals surface area (Å²) in [7, 11) is -3.83. The summed E-state index contributed by atoms with van der Waals surface area (Å²) in [4.78, 5) is 12.2. The molecule has 0 saturated carbocycles. The Labute approximate surface area is 166 Å². The first kappa shape index (κ1) is 19.0. The number of sulfonamides is 1. The number of aromatic nitrogens is 4. The number of nitro groups is 1. The van der Waals surface area contributed by atoms with Gasteiger partial charge in [-0.1, -0.05) is 29.4 Å². The lowest BCUT2D eigenvalue weighted by Crippen LogP contribution is -2.49. The van der Waals surface area contributed by atoms with Crippen LogP contribution in [-0.2, 0) is 10.0 Å². The molecule has 0 unspecified atom stereocenters. The smallest absolute Gasteiger partial charge is 0.270 e. The van der Waals surface area contributed by atoms with E-state index in [4.69, 9.17) is 0 Å². The number of tetrazole rings is 1. The number of anilines is 1. The maximum Gasteiger partial charge on any atom is 0.270 e. The lowest BCUT2D eigenvalue weighted by Gasteiger charge is -2.34. The Morgan fingerprint density at radius 2 is 1.69 bits per heavy atom. The Bertz CT molecular complexity index is 1130. The quantitative estimate of drug-likeness (QED) is 0.447. The maximum atomic E-state index is 12.9. The predicted octanol–water partition coefficient (Wildman–Crippen LogP) is 1.08. The Balaban J connectivity index is 1.51. The number of hydrogen-bond donors (Lipinski definition) is 0. The van der Waals surface area contributed by atoms with Gasteiger partial charge in [0.25, 0.3) is 5.69 Å². The molecule has 12 heteroatoms. The summed E-state index contributed by atoms with van der Waals surface area (Å²) in [6.07, 6.45) is 0. The van der Waals surface area contributed by atoms with Crippen molar-refractivity contribution in [2.24, 2.45) is 0 Å². The fraction of sp³-hybridized carbons (Fsp3) is 0.235. The standard InChI is InChI=1S/C17H17N7O4S/c25-24(26)15-7-4-8-16(13-15)29(27,28)22-11-9-21(10-12-22)17-18-19-20-23(17)14-5-2-1-3-6-14/h1-8,13H,9-12H2. The monoisotopic (exact) mass is 415 g/mol. The summed E-state index contributed by atoms with van der Waals surface area (Å²) < 4.78 is 28.7. The Morgan fingerprint density at radius 3 is 2.38 bits per heavy atom. The highest BCUT2D eigenvalue weighted by Crippen LogP contribution is 2.23. The number of para-hydroxylation sites is 1. The van der Waals surface area contributed by atoms with Crippen molar-refractivity contribution in [2.75, 3.05) is 31.1 Å². The second kappa shape index (κ2) is 7.56. The van der Waals surface area contributed by atoms with E-state index in [0.717, 1.165) is 11.8 Å². The van der Waals surface area contributed by atoms with Crippen LogP contribution < -0.4 is 4.90 Å². The third kappa shape index (κ3) is 3.67. The number of piperazine rings is 1. The normalized spacial score (nSPS) is 15.4. The first-order chi connectivity index (χ1) is 14.0. The van der Waals surface area contributed by atoms with Crippen molar-refractivity contribution in [1.82, 2.24) is 24.5 Å². The molecule has 1 fully saturated rings. The average molecular weight is 415 g/mol. The number of nitrogens with zero attached hydrogens (tertiary/aromatic N) is 7. The summed E-state index contributed by atoms with van der Waals surface area (Å²) in [5, 5.41) is 22.8. The molecule has 150 valence electrons. The number of nitro benzene ring substituents is 1. The minimum Gasteiger partial charge on any atom is -0.337 e. The molecule has 1 aliphatic rings. The van der Waals surface area contributed by atoms with Gasteiger partial charge in [-0.25, -0.2) is 8.42 Å². The lowest BCUT2D eigenvalue weighted by molar-refractivity contribution is -0.385. The molecule has 11 nitrogen and oxygen atoms in total. The summed E-state index contributed by atoms with van der Waals surface area (Å²) in [5.74, 6) is 0.531. The van der Waals surface area contributed by atoms with E-state index < -0.39 is 14.9 Å². The molecule has 0 bridgehead atoms. The first-order valence-electron chi connectivity index (χ1n) is 8.80. The van der Waals surface area contributed by atoms with Gasteiger partial charge in [0.05, 0.1) is 15.5 Å². The minimum absolute atomic E-state index is 0.0886. The molecule has 29 heavy (non-hydrogen) atoms. The highest BCUT2D eigenvalue weighted by Gasteiger charge is 2.31. The van der Waals surface area contributed by atoms with Gasteiger partial charge in [0, 0.05) is 38.3 Å². The molecule has 1 saturated heterocycles. The van der Waals surface area contributed by atoms with Crippen molar-refractivity contribution in [3.8, 4) is 5.69 Å². The second-order valence-electron chi connectivity index (χ2n) is 6.37. The Kier molecular flexibility index (Phi) is 4.94. The van der Waals surface area contributed by atoms with Gasteiger partial charge in [0.1, 0.15) is 0 Å². The fourth-order valence-electron chi connectivity index (χ4n) is 3.15. The van der Waals surface area contributed by atoms with E-state index in [-0.39, 0.29) is 23.7 Å². The van der Waals surface area contributed by atoms with E-state index >= 15 is 0 Å². The highest BCUT2D eigenvalue weighted by molar-refractivity contribution is 7.89. The molecular weight excluding hydrogens is 398 g/mol. The van der Waals surface area contributed by atoms with Gasteiger partial charge < -0.3 is 4.90 Å². The predicted molar refractivity (Wildman–Crippen MR) is 103 cm³/mol. The number of non-ortho nitro benzene ring substituents is 1. The lowest BCUT2D eigenvalue weighted by atomic mass is 10.3. The van der Waals surface area contributed by atoms with E-state index in [0.29, 0.717) is 19.0 Å². The molecule has 0 amide bonds. The van der Waals surface area contributed by atoms with Crippen LogP contribution in [0, 0.1) is 10.1 Å². The summed E-state index contributed by atoms with van der Waals surface area (Å²) >= 11 is 0. The SMILES string of the molecule is O=[N+]([O-])c1cccc(S(=O)(=O)N2CCN(c3nnnn3-c3ccccc3)CC2)c1. The van der Waals surface area contributed by atoms with Gasteiger partial charge in [-0.2, -0.15) is 8.99 Å². The third-order valence-corrected chi connectivity index (χ3v) is 6.54. The van der Waals surface area contributed by atoms with Crippen LogP contribution in [0.15, 0.2) is 59.5 Å². The summed E-state index contributed by atoms with van der Waals surface area (Å²) in [6, 6.07) is 14.5. The molecule has 2 heterocycles. The number of benzene rings is 2. The minimum atomic E-state index is -3.83. The molecule has 3 aromatic rings. The van der Waals surface area contributed by atoms with Crippen LogP contribution in [0.3, 0.4) is 0 Å². The van der Waals surface area contributed by atoms with E-state index in [1.54, 1.807) is 4.68 Å². The molecule has 4 rings (SSSR count). The maximum absolute atomic E-state index is 12.9. The van der Waals surface area contributed by atoms with Crippen molar-refractivity contribution in [3.05, 3.63) is 64.7 Å². The zero-order chi connectivity index (χ0) is 20.4. The molecule has 1 aromatic heterocycles. The van der Waals surface area contributed by atoms with Crippen LogP contribution in [0.2, 0.25) is 0 Å². The summed E-state index contributed by atoms with van der Waals surface area (Å²) in [5.41, 5.74) is 0.547. The van der Waals surface area contributed by atoms with Crippen LogP contribution in [0.5, 0.6) is 0 Å². The summed E-state index contributed by atoms with van der Waals surface area (Å²) in [6.45, 7) is 1.21. The van der Waals surface area contributed by atoms with Crippen molar-refractivity contribution < 1.29 is 13.3 Å². The van der Waals surface area contributed by atoms with Crippen molar-refractivity contribution in [1.29, 1.82) is 0 Å². The largest absolute Gasteiger partial charge is 0.337 e. The number of rotatable bonds is 5. The van der Waals surface area contributed by atoms with Crippen LogP contribution in [0.4, 0.5) is 11.6 Å². The van der Waals surface area contributed by atoms with E-state index in [2.05, 4.69) is 15.5 Å². The van der Waals surface area contributed by atoms with Gasteiger partial charge in [-0.05, 0) is 28.6 Å². The fourth-order valence-corrected chi connectivity index (χ4v) is 4.61. The first-order valence-corrected chi connectivity index (χ1v) is 10.2. The molecule has 0 radical (unpaired) electrons. The van der Waals surface area contributed by atoms with Crippen LogP contribution in [-0.4, -0.2) is 64.0 Å². The van der Waals surface area contributed by atoms with Crippen molar-refractivity contribution >= 4 is 21.7 Å². The Hall–Kier alpha value is -3.38. The van der Waals surface area contributed by atoms with Crippen LogP contribution >= 0.6 is 0 Å². The van der Waals surface area contributed by atoms with E-state index in [1.165, 1.54) is 22.5 Å². The molecule has 0 atom stereocenters. The van der Waals surface area contributed by atoms with Crippen LogP contribution in [0.1, 0.15) is 0 Å². The zero-order valence-electron chi connectivity index (χ0n) is 15.2. The Morgan fingerprint density at radius 1 is 0.966 bits per heavy atom. The average Bonchev–Trinajstić information content (AvgIpc) is 3.24. The van der Waals surface area contributed by atoms with E-state index in [9.17, 15) is 18.5 Å². The second-order valence-corrected chi connectivity index (χ2v) is 8.31. The van der Waals surface area contributed by atoms with E-state index in [1.807, 2.05) is 35.2 Å². The van der Waals surface area contributed by atoms with Crippen LogP contribution in [0.25, 0.3) is 5.69 Å². The molecule has 0 aliphatic carbocycles. The van der Waals surface area contributed by atoms with Gasteiger partial charge in [0.2, 0.25) is 16.0 Å². The molecule has 0 N–H and O–H groups in total. The zero-order valence-corrected chi connectivity index (χ0v) is 16.0. The highest BCUT2D eigenvalue weighted by atomic mass is 32.2. The van der Waals surface area contributed by atoms with Crippen molar-refractivity contribution in [2.45, 2.75) is 4.90 Å². The molecule has 1 aliphatic heterocycles. The van der Waals surface area contributed by atoms with Gasteiger partial charge in [-0.3, -0.25) is 10.1 Å². The topological polar surface area (TPSA) is 127 Å². The molecule has 0 spiro atoms. The molecule has 2 aromatic carbocycles. The molecular formula is C17H17N7O4S.